The second kappa shape index (κ2) is 17.2. The lowest BCUT2D eigenvalue weighted by atomic mass is 10.1. The molecular weight excluding hydrogens is 650 g/mol. The summed E-state index contributed by atoms with van der Waals surface area (Å²) in [5, 5.41) is 15.3. The number of ether oxygens (including phenoxy) is 1. The topological polar surface area (TPSA) is 263 Å². The van der Waals surface area contributed by atoms with Gasteiger partial charge in [-0.25, -0.2) is 9.59 Å². The number of carbonyl (C=O) groups excluding carboxylic acids is 5. The third kappa shape index (κ3) is 11.0. The van der Waals surface area contributed by atoms with Crippen molar-refractivity contribution in [2.75, 3.05) is 13.2 Å². The summed E-state index contributed by atoms with van der Waals surface area (Å²) in [4.78, 5) is 83.9. The van der Waals surface area contributed by atoms with Crippen LogP contribution in [0, 0.1) is 6.92 Å². The molecule has 3 rings (SSSR count). The SMILES string of the molecule is Cc1cc(=O)oc2cc(C(=O)N(C(=O)OC(C)(C)C)C(=O)[C@H](CCCN=C(N)N)NC(=O)[C@H](CO)NC(=O)[C@@H](N)Cc3ccccc3)ccc12. The predicted molar refractivity (Wildman–Crippen MR) is 184 cm³/mol. The van der Waals surface area contributed by atoms with Crippen molar-refractivity contribution in [1.29, 1.82) is 0 Å². The van der Waals surface area contributed by atoms with Gasteiger partial charge in [0, 0.05) is 23.6 Å². The summed E-state index contributed by atoms with van der Waals surface area (Å²) in [5.41, 5.74) is 16.2. The Balaban J connectivity index is 1.94. The van der Waals surface area contributed by atoms with Gasteiger partial charge in [-0.1, -0.05) is 36.4 Å². The Morgan fingerprint density at radius 3 is 2.26 bits per heavy atom. The number of aliphatic imine (C=N–C) groups is 1. The number of aryl methyl sites for hydroxylation is 1. The molecule has 0 radical (unpaired) electrons. The zero-order valence-electron chi connectivity index (χ0n) is 28.3. The first-order valence-electron chi connectivity index (χ1n) is 15.7. The average molecular weight is 694 g/mol. The minimum Gasteiger partial charge on any atom is -0.443 e. The van der Waals surface area contributed by atoms with Gasteiger partial charge in [-0.15, -0.1) is 0 Å². The second-order valence-electron chi connectivity index (χ2n) is 12.5. The lowest BCUT2D eigenvalue weighted by Crippen LogP contribution is -2.59. The molecule has 0 bridgehead atoms. The van der Waals surface area contributed by atoms with E-state index in [-0.39, 0.29) is 47.8 Å². The number of nitrogens with zero attached hydrogens (tertiary/aromatic N) is 2. The number of benzene rings is 2. The first-order valence-corrected chi connectivity index (χ1v) is 15.7. The summed E-state index contributed by atoms with van der Waals surface area (Å²) in [5.74, 6) is -4.32. The number of aliphatic hydroxyl groups excluding tert-OH is 1. The minimum atomic E-state index is -1.59. The number of rotatable bonds is 13. The number of guanidine groups is 1. The molecule has 3 atom stereocenters. The fourth-order valence-corrected chi connectivity index (χ4v) is 4.79. The van der Waals surface area contributed by atoms with E-state index in [9.17, 15) is 33.9 Å². The Labute approximate surface area is 288 Å². The molecule has 268 valence electrons. The van der Waals surface area contributed by atoms with Crippen molar-refractivity contribution in [3.05, 3.63) is 81.7 Å². The van der Waals surface area contributed by atoms with Crippen molar-refractivity contribution in [2.45, 2.75) is 70.7 Å². The molecule has 9 N–H and O–H groups in total. The van der Waals surface area contributed by atoms with Gasteiger partial charge < -0.3 is 42.1 Å². The molecule has 1 heterocycles. The van der Waals surface area contributed by atoms with E-state index in [4.69, 9.17) is 26.4 Å². The van der Waals surface area contributed by atoms with E-state index >= 15 is 0 Å². The van der Waals surface area contributed by atoms with Crippen LogP contribution >= 0.6 is 0 Å². The minimum absolute atomic E-state index is 0.0138. The van der Waals surface area contributed by atoms with E-state index in [1.165, 1.54) is 45.0 Å². The van der Waals surface area contributed by atoms with Crippen LogP contribution in [0.5, 0.6) is 0 Å². The molecule has 0 saturated carbocycles. The molecule has 16 heteroatoms. The predicted octanol–water partition coefficient (Wildman–Crippen LogP) is 0.591. The second-order valence-corrected chi connectivity index (χ2v) is 12.5. The van der Waals surface area contributed by atoms with Crippen LogP contribution in [0.3, 0.4) is 0 Å². The van der Waals surface area contributed by atoms with Gasteiger partial charge in [-0.2, -0.15) is 4.90 Å². The van der Waals surface area contributed by atoms with Crippen LogP contribution in [0.4, 0.5) is 4.79 Å². The number of imide groups is 3. The average Bonchev–Trinajstić information content (AvgIpc) is 3.03. The van der Waals surface area contributed by atoms with E-state index in [0.717, 1.165) is 5.56 Å². The van der Waals surface area contributed by atoms with E-state index in [1.807, 2.05) is 0 Å². The Hall–Kier alpha value is -5.61. The number of hydrogen-bond donors (Lipinski definition) is 6. The lowest BCUT2D eigenvalue weighted by molar-refractivity contribution is -0.136. The van der Waals surface area contributed by atoms with Gasteiger partial charge in [0.1, 0.15) is 23.3 Å². The van der Waals surface area contributed by atoms with Gasteiger partial charge in [0.05, 0.1) is 12.6 Å². The smallest absolute Gasteiger partial charge is 0.424 e. The van der Waals surface area contributed by atoms with Crippen LogP contribution in [-0.2, 0) is 25.5 Å². The van der Waals surface area contributed by atoms with E-state index in [2.05, 4.69) is 15.6 Å². The first-order chi connectivity index (χ1) is 23.5. The van der Waals surface area contributed by atoms with Crippen LogP contribution in [0.2, 0.25) is 0 Å². The Kier molecular flexibility index (Phi) is 13.3. The monoisotopic (exact) mass is 693 g/mol. The van der Waals surface area contributed by atoms with E-state index in [1.54, 1.807) is 37.3 Å². The summed E-state index contributed by atoms with van der Waals surface area (Å²) < 4.78 is 10.6. The van der Waals surface area contributed by atoms with Crippen molar-refractivity contribution >= 4 is 46.7 Å². The number of amides is 5. The Bertz CT molecular complexity index is 1800. The maximum atomic E-state index is 14.1. The lowest BCUT2D eigenvalue weighted by Gasteiger charge is -2.29. The van der Waals surface area contributed by atoms with Gasteiger partial charge in [0.25, 0.3) is 11.8 Å². The van der Waals surface area contributed by atoms with Gasteiger partial charge in [0.2, 0.25) is 11.8 Å². The third-order valence-electron chi connectivity index (χ3n) is 7.21. The highest BCUT2D eigenvalue weighted by molar-refractivity contribution is 6.17. The summed E-state index contributed by atoms with van der Waals surface area (Å²) in [6, 6.07) is 9.98. The maximum absolute atomic E-state index is 14.1. The van der Waals surface area contributed by atoms with Gasteiger partial charge in [0.15, 0.2) is 5.96 Å². The number of nitrogens with one attached hydrogen (secondary N) is 2. The van der Waals surface area contributed by atoms with Crippen molar-refractivity contribution in [3.63, 3.8) is 0 Å². The zero-order chi connectivity index (χ0) is 37.2. The normalized spacial score (nSPS) is 13.0. The summed E-state index contributed by atoms with van der Waals surface area (Å²) in [6.07, 6.45) is -1.31. The number of carbonyl (C=O) groups is 5. The van der Waals surface area contributed by atoms with Crippen LogP contribution < -0.4 is 33.5 Å². The molecule has 0 spiro atoms. The zero-order valence-corrected chi connectivity index (χ0v) is 28.3. The van der Waals surface area contributed by atoms with Crippen molar-refractivity contribution in [3.8, 4) is 0 Å². The fraction of sp³-hybridized carbons (Fsp3) is 0.382. The first kappa shape index (κ1) is 38.8. The quantitative estimate of drug-likeness (QED) is 0.0622. The Morgan fingerprint density at radius 1 is 0.980 bits per heavy atom. The molecule has 0 saturated heterocycles. The third-order valence-corrected chi connectivity index (χ3v) is 7.21. The number of fused-ring (bicyclic) bond motifs is 1. The molecular formula is C34H43N7O9. The van der Waals surface area contributed by atoms with Gasteiger partial charge in [-0.05, 0) is 70.2 Å². The van der Waals surface area contributed by atoms with Crippen molar-refractivity contribution < 1.29 is 38.2 Å². The highest BCUT2D eigenvalue weighted by Gasteiger charge is 2.39. The molecule has 2 aromatic carbocycles. The number of nitrogens with two attached hydrogens (primary N) is 3. The van der Waals surface area contributed by atoms with E-state index in [0.29, 0.717) is 10.9 Å². The summed E-state index contributed by atoms with van der Waals surface area (Å²) in [6.45, 7) is 5.39. The van der Waals surface area contributed by atoms with Crippen LogP contribution in [0.1, 0.15) is 55.1 Å². The van der Waals surface area contributed by atoms with Crippen molar-refractivity contribution in [2.24, 2.45) is 22.2 Å². The van der Waals surface area contributed by atoms with E-state index < -0.39 is 65.7 Å². The molecule has 3 aromatic rings. The Morgan fingerprint density at radius 2 is 1.64 bits per heavy atom. The molecule has 50 heavy (non-hydrogen) atoms. The van der Waals surface area contributed by atoms with Crippen LogP contribution in [0.15, 0.2) is 68.8 Å². The highest BCUT2D eigenvalue weighted by atomic mass is 16.6. The molecule has 0 fully saturated rings. The van der Waals surface area contributed by atoms with Crippen LogP contribution in [0.25, 0.3) is 11.0 Å². The summed E-state index contributed by atoms with van der Waals surface area (Å²) >= 11 is 0. The highest BCUT2D eigenvalue weighted by Crippen LogP contribution is 2.21. The largest absolute Gasteiger partial charge is 0.443 e. The maximum Gasteiger partial charge on any atom is 0.424 e. The molecule has 1 aromatic heterocycles. The molecule has 0 aliphatic heterocycles. The summed E-state index contributed by atoms with van der Waals surface area (Å²) in [7, 11) is 0. The van der Waals surface area contributed by atoms with Gasteiger partial charge in [-0.3, -0.25) is 24.2 Å². The number of aliphatic hydroxyl groups is 1. The molecule has 0 aliphatic rings. The molecule has 5 amide bonds. The number of hydrogen-bond acceptors (Lipinski definition) is 11. The van der Waals surface area contributed by atoms with Crippen LogP contribution in [-0.4, -0.2) is 82.6 Å². The molecule has 0 aliphatic carbocycles. The molecule has 0 unspecified atom stereocenters. The fourth-order valence-electron chi connectivity index (χ4n) is 4.79. The van der Waals surface area contributed by atoms with Gasteiger partial charge >= 0.3 is 11.7 Å². The standard InChI is InChI=1S/C34H43N7O9/c1-19-15-27(43)49-26-17-21(12-13-22(19)26)30(46)41(33(48)50-34(2,3)4)31(47)24(11-8-14-38-32(36)37)39-29(45)25(18-42)40-28(44)23(35)16-20-9-6-5-7-10-20/h5-7,9-10,12-13,15,17,23-25,42H,8,11,14,16,18,35H2,1-4H3,(H,39,45)(H,40,44)(H4,36,37,38)/t23-,24-,25-/m0/s1. The molecule has 16 nitrogen and oxygen atoms in total. The van der Waals surface area contributed by atoms with Crippen molar-refractivity contribution in [1.82, 2.24) is 15.5 Å².